The first-order valence-corrected chi connectivity index (χ1v) is 6.56. The summed E-state index contributed by atoms with van der Waals surface area (Å²) in [6, 6.07) is 4.13. The fourth-order valence-corrected chi connectivity index (χ4v) is 2.37. The molecule has 1 unspecified atom stereocenters. The van der Waals surface area contributed by atoms with Crippen LogP contribution in [-0.4, -0.2) is 16.5 Å². The summed E-state index contributed by atoms with van der Waals surface area (Å²) in [5.74, 6) is 0.602. The molecule has 0 aliphatic heterocycles. The van der Waals surface area contributed by atoms with Gasteiger partial charge in [0.15, 0.2) is 0 Å². The van der Waals surface area contributed by atoms with Crippen LogP contribution in [0.4, 0.5) is 5.82 Å². The zero-order valence-corrected chi connectivity index (χ0v) is 10.6. The van der Waals surface area contributed by atoms with Gasteiger partial charge in [0.25, 0.3) is 0 Å². The maximum absolute atomic E-state index is 5.86. The summed E-state index contributed by atoms with van der Waals surface area (Å²) < 4.78 is 0. The van der Waals surface area contributed by atoms with Gasteiger partial charge in [-0.2, -0.15) is 0 Å². The van der Waals surface area contributed by atoms with E-state index >= 15 is 0 Å². The average Bonchev–Trinajstić information content (AvgIpc) is 2.85. The second-order valence-electron chi connectivity index (χ2n) is 3.78. The number of hydrogen-bond acceptors (Lipinski definition) is 5. The van der Waals surface area contributed by atoms with Crippen molar-refractivity contribution in [3.05, 3.63) is 40.5 Å². The van der Waals surface area contributed by atoms with E-state index in [4.69, 9.17) is 5.73 Å². The number of pyridine rings is 1. The van der Waals surface area contributed by atoms with Crippen LogP contribution in [0.25, 0.3) is 0 Å². The fourth-order valence-electron chi connectivity index (χ4n) is 1.77. The lowest BCUT2D eigenvalue weighted by molar-refractivity contribution is 0.539. The Balaban J connectivity index is 2.16. The molecule has 0 spiro atoms. The Morgan fingerprint density at radius 2 is 2.35 bits per heavy atom. The molecule has 2 heterocycles. The monoisotopic (exact) mass is 248 g/mol. The van der Waals surface area contributed by atoms with Gasteiger partial charge < -0.3 is 11.1 Å². The predicted octanol–water partition coefficient (Wildman–Crippen LogP) is 2.01. The van der Waals surface area contributed by atoms with Gasteiger partial charge in [-0.25, -0.2) is 9.97 Å². The quantitative estimate of drug-likeness (QED) is 0.849. The smallest absolute Gasteiger partial charge is 0.126 e. The summed E-state index contributed by atoms with van der Waals surface area (Å²) in [6.45, 7) is 2.99. The van der Waals surface area contributed by atoms with E-state index in [0.717, 1.165) is 24.2 Å². The molecule has 5 heteroatoms. The van der Waals surface area contributed by atoms with Crippen molar-refractivity contribution in [1.82, 2.24) is 15.3 Å². The van der Waals surface area contributed by atoms with E-state index in [1.54, 1.807) is 17.5 Å². The number of hydrogen-bond donors (Lipinski definition) is 2. The number of anilines is 1. The number of likely N-dealkylation sites (N-methyl/N-ethyl adjacent to an activating group) is 1. The second kappa shape index (κ2) is 5.75. The topological polar surface area (TPSA) is 63.8 Å². The molecule has 3 N–H and O–H groups in total. The third-order valence-electron chi connectivity index (χ3n) is 2.61. The number of aromatic nitrogens is 2. The van der Waals surface area contributed by atoms with Crippen LogP contribution in [0, 0.1) is 0 Å². The Hall–Kier alpha value is -1.46. The van der Waals surface area contributed by atoms with Crippen molar-refractivity contribution in [3.63, 3.8) is 0 Å². The summed E-state index contributed by atoms with van der Waals surface area (Å²) >= 11 is 1.61. The molecule has 17 heavy (non-hydrogen) atoms. The van der Waals surface area contributed by atoms with Gasteiger partial charge in [-0.15, -0.1) is 11.3 Å². The van der Waals surface area contributed by atoms with E-state index in [-0.39, 0.29) is 6.04 Å². The molecular formula is C12H16N4S. The number of nitrogen functional groups attached to an aromatic ring is 1. The number of nitrogens with zero attached hydrogens (tertiary/aromatic N) is 2. The standard InChI is InChI=1S/C12H16N4S/c1-2-14-10(11-7-17-8-16-11)6-9-4-3-5-15-12(9)13/h3-5,7-8,10,14H,2,6H2,1H3,(H2,13,15). The third-order valence-corrected chi connectivity index (χ3v) is 3.21. The largest absolute Gasteiger partial charge is 0.383 e. The van der Waals surface area contributed by atoms with E-state index in [1.165, 1.54) is 0 Å². The maximum atomic E-state index is 5.86. The molecule has 0 aliphatic rings. The van der Waals surface area contributed by atoms with Gasteiger partial charge in [0.2, 0.25) is 0 Å². The average molecular weight is 248 g/mol. The molecule has 1 atom stereocenters. The Morgan fingerprint density at radius 1 is 1.47 bits per heavy atom. The van der Waals surface area contributed by atoms with E-state index in [0.29, 0.717) is 5.82 Å². The van der Waals surface area contributed by atoms with Crippen LogP contribution in [0.1, 0.15) is 24.2 Å². The first-order chi connectivity index (χ1) is 8.31. The molecule has 2 aromatic heterocycles. The van der Waals surface area contributed by atoms with E-state index in [9.17, 15) is 0 Å². The first-order valence-electron chi connectivity index (χ1n) is 5.62. The van der Waals surface area contributed by atoms with Crippen LogP contribution >= 0.6 is 11.3 Å². The van der Waals surface area contributed by atoms with Crippen LogP contribution in [0.5, 0.6) is 0 Å². The lowest BCUT2D eigenvalue weighted by Crippen LogP contribution is -2.23. The molecule has 2 rings (SSSR count). The van der Waals surface area contributed by atoms with Crippen molar-refractivity contribution in [1.29, 1.82) is 0 Å². The summed E-state index contributed by atoms with van der Waals surface area (Å²) in [6.07, 6.45) is 2.53. The molecule has 4 nitrogen and oxygen atoms in total. The number of nitrogens with two attached hydrogens (primary N) is 1. The van der Waals surface area contributed by atoms with Crippen LogP contribution < -0.4 is 11.1 Å². The zero-order valence-electron chi connectivity index (χ0n) is 9.76. The van der Waals surface area contributed by atoms with Gasteiger partial charge in [-0.05, 0) is 24.6 Å². The zero-order chi connectivity index (χ0) is 12.1. The number of nitrogens with one attached hydrogen (secondary N) is 1. The van der Waals surface area contributed by atoms with Gasteiger partial charge in [-0.3, -0.25) is 0 Å². The van der Waals surface area contributed by atoms with Gasteiger partial charge in [0, 0.05) is 11.6 Å². The Bertz CT molecular complexity index is 455. The second-order valence-corrected chi connectivity index (χ2v) is 4.49. The highest BCUT2D eigenvalue weighted by Crippen LogP contribution is 2.20. The van der Waals surface area contributed by atoms with Crippen LogP contribution in [0.15, 0.2) is 29.2 Å². The Morgan fingerprint density at radius 3 is 3.00 bits per heavy atom. The van der Waals surface area contributed by atoms with Crippen molar-refractivity contribution in [2.45, 2.75) is 19.4 Å². The highest BCUT2D eigenvalue weighted by atomic mass is 32.1. The molecule has 0 saturated carbocycles. The van der Waals surface area contributed by atoms with Crippen molar-refractivity contribution >= 4 is 17.2 Å². The minimum Gasteiger partial charge on any atom is -0.383 e. The summed E-state index contributed by atoms with van der Waals surface area (Å²) in [5, 5.41) is 5.49. The molecule has 2 aromatic rings. The number of rotatable bonds is 5. The summed E-state index contributed by atoms with van der Waals surface area (Å²) in [7, 11) is 0. The van der Waals surface area contributed by atoms with E-state index < -0.39 is 0 Å². The van der Waals surface area contributed by atoms with Crippen LogP contribution in [-0.2, 0) is 6.42 Å². The van der Waals surface area contributed by atoms with Crippen molar-refractivity contribution < 1.29 is 0 Å². The van der Waals surface area contributed by atoms with Crippen molar-refractivity contribution in [2.24, 2.45) is 0 Å². The SMILES string of the molecule is CCNC(Cc1cccnc1N)c1cscn1. The normalized spacial score (nSPS) is 12.5. The van der Waals surface area contributed by atoms with E-state index in [1.807, 2.05) is 17.6 Å². The van der Waals surface area contributed by atoms with Gasteiger partial charge in [-0.1, -0.05) is 13.0 Å². The minimum absolute atomic E-state index is 0.206. The van der Waals surface area contributed by atoms with Crippen LogP contribution in [0.2, 0.25) is 0 Å². The van der Waals surface area contributed by atoms with Gasteiger partial charge >= 0.3 is 0 Å². The molecule has 0 amide bonds. The molecule has 0 bridgehead atoms. The van der Waals surface area contributed by atoms with Crippen molar-refractivity contribution in [2.75, 3.05) is 12.3 Å². The number of thiazole rings is 1. The highest BCUT2D eigenvalue weighted by Gasteiger charge is 2.14. The molecule has 0 aromatic carbocycles. The predicted molar refractivity (Wildman–Crippen MR) is 70.9 cm³/mol. The molecule has 0 saturated heterocycles. The molecule has 0 fully saturated rings. The molecular weight excluding hydrogens is 232 g/mol. The Kier molecular flexibility index (Phi) is 4.06. The van der Waals surface area contributed by atoms with Gasteiger partial charge in [0.1, 0.15) is 5.82 Å². The Labute approximate surface area is 105 Å². The summed E-state index contributed by atoms with van der Waals surface area (Å²) in [4.78, 5) is 8.46. The highest BCUT2D eigenvalue weighted by molar-refractivity contribution is 7.07. The van der Waals surface area contributed by atoms with E-state index in [2.05, 4.69) is 27.6 Å². The minimum atomic E-state index is 0.206. The molecule has 0 aliphatic carbocycles. The summed E-state index contributed by atoms with van der Waals surface area (Å²) in [5.41, 5.74) is 9.85. The van der Waals surface area contributed by atoms with Crippen molar-refractivity contribution in [3.8, 4) is 0 Å². The molecule has 90 valence electrons. The maximum Gasteiger partial charge on any atom is 0.126 e. The van der Waals surface area contributed by atoms with Crippen LogP contribution in [0.3, 0.4) is 0 Å². The third kappa shape index (κ3) is 3.01. The lowest BCUT2D eigenvalue weighted by atomic mass is 10.0. The first kappa shape index (κ1) is 12.0. The van der Waals surface area contributed by atoms with Gasteiger partial charge in [0.05, 0.1) is 17.2 Å². The lowest BCUT2D eigenvalue weighted by Gasteiger charge is -2.16. The fraction of sp³-hybridized carbons (Fsp3) is 0.333. The molecule has 0 radical (unpaired) electrons.